The van der Waals surface area contributed by atoms with Crippen molar-refractivity contribution in [1.29, 1.82) is 0 Å². The van der Waals surface area contributed by atoms with Gasteiger partial charge < -0.3 is 10.5 Å². The lowest BCUT2D eigenvalue weighted by Gasteiger charge is -2.34. The highest BCUT2D eigenvalue weighted by molar-refractivity contribution is 4.95. The summed E-state index contributed by atoms with van der Waals surface area (Å²) >= 11 is 0. The van der Waals surface area contributed by atoms with Crippen molar-refractivity contribution < 1.29 is 4.74 Å². The Hall–Kier alpha value is -0.120. The van der Waals surface area contributed by atoms with Crippen LogP contribution in [0, 0.1) is 11.8 Å². The molecule has 2 aliphatic carbocycles. The lowest BCUT2D eigenvalue weighted by atomic mass is 9.97. The first-order valence-electron chi connectivity index (χ1n) is 6.92. The number of rotatable bonds is 6. The molecule has 3 heteroatoms. The lowest BCUT2D eigenvalue weighted by molar-refractivity contribution is 0.111. The van der Waals surface area contributed by atoms with Gasteiger partial charge in [-0.1, -0.05) is 0 Å². The maximum absolute atomic E-state index is 6.02. The van der Waals surface area contributed by atoms with E-state index in [-0.39, 0.29) is 0 Å². The van der Waals surface area contributed by atoms with Crippen molar-refractivity contribution in [3.05, 3.63) is 0 Å². The van der Waals surface area contributed by atoms with Crippen molar-refractivity contribution in [3.63, 3.8) is 0 Å². The molecule has 3 fully saturated rings. The van der Waals surface area contributed by atoms with Crippen LogP contribution in [0.3, 0.4) is 0 Å². The summed E-state index contributed by atoms with van der Waals surface area (Å²) in [6, 6.07) is 1.45. The standard InChI is InChI=1S/C13H24N2O/c14-7-13(11-5-6-16-9-11)15(12-3-4-12)8-10-1-2-10/h10-13H,1-9,14H2. The Kier molecular flexibility index (Phi) is 3.18. The summed E-state index contributed by atoms with van der Waals surface area (Å²) in [5.41, 5.74) is 6.02. The molecule has 0 spiro atoms. The van der Waals surface area contributed by atoms with Crippen LogP contribution in [0.2, 0.25) is 0 Å². The maximum Gasteiger partial charge on any atom is 0.0510 e. The highest BCUT2D eigenvalue weighted by Gasteiger charge is 2.40. The number of hydrogen-bond donors (Lipinski definition) is 1. The molecule has 0 aromatic carbocycles. The smallest absolute Gasteiger partial charge is 0.0510 e. The monoisotopic (exact) mass is 224 g/mol. The molecule has 0 aromatic rings. The van der Waals surface area contributed by atoms with E-state index in [1.54, 1.807) is 0 Å². The molecule has 0 aromatic heterocycles. The van der Waals surface area contributed by atoms with Gasteiger partial charge in [0.2, 0.25) is 0 Å². The zero-order valence-electron chi connectivity index (χ0n) is 10.1. The van der Waals surface area contributed by atoms with Crippen molar-refractivity contribution in [2.75, 3.05) is 26.3 Å². The van der Waals surface area contributed by atoms with Crippen LogP contribution >= 0.6 is 0 Å². The Morgan fingerprint density at radius 2 is 2.00 bits per heavy atom. The van der Waals surface area contributed by atoms with E-state index < -0.39 is 0 Å². The van der Waals surface area contributed by atoms with E-state index >= 15 is 0 Å². The second kappa shape index (κ2) is 4.63. The Morgan fingerprint density at radius 3 is 2.50 bits per heavy atom. The van der Waals surface area contributed by atoms with Crippen molar-refractivity contribution in [1.82, 2.24) is 4.90 Å². The molecule has 0 amide bonds. The van der Waals surface area contributed by atoms with Crippen LogP contribution < -0.4 is 5.73 Å². The van der Waals surface area contributed by atoms with E-state index in [1.807, 2.05) is 0 Å². The fourth-order valence-electron chi connectivity index (χ4n) is 3.01. The molecule has 2 unspecified atom stereocenters. The van der Waals surface area contributed by atoms with Gasteiger partial charge >= 0.3 is 0 Å². The molecule has 0 radical (unpaired) electrons. The molecule has 1 heterocycles. The fourth-order valence-corrected chi connectivity index (χ4v) is 3.01. The van der Waals surface area contributed by atoms with E-state index in [9.17, 15) is 0 Å². The number of nitrogens with two attached hydrogens (primary N) is 1. The zero-order valence-corrected chi connectivity index (χ0v) is 10.1. The Bertz CT molecular complexity index is 232. The normalized spacial score (nSPS) is 32.2. The molecule has 2 atom stereocenters. The van der Waals surface area contributed by atoms with Crippen molar-refractivity contribution in [2.24, 2.45) is 17.6 Å². The second-order valence-electron chi connectivity index (χ2n) is 5.80. The quantitative estimate of drug-likeness (QED) is 0.737. The molecule has 3 rings (SSSR count). The van der Waals surface area contributed by atoms with Crippen LogP contribution in [0.1, 0.15) is 32.1 Å². The molecule has 1 saturated heterocycles. The highest BCUT2D eigenvalue weighted by Crippen LogP contribution is 2.37. The summed E-state index contributed by atoms with van der Waals surface area (Å²) in [4.78, 5) is 2.73. The third-order valence-electron chi connectivity index (χ3n) is 4.36. The van der Waals surface area contributed by atoms with Crippen molar-refractivity contribution >= 4 is 0 Å². The van der Waals surface area contributed by atoms with Gasteiger partial charge in [-0.15, -0.1) is 0 Å². The molecular weight excluding hydrogens is 200 g/mol. The van der Waals surface area contributed by atoms with Gasteiger partial charge in [-0.3, -0.25) is 4.90 Å². The average molecular weight is 224 g/mol. The highest BCUT2D eigenvalue weighted by atomic mass is 16.5. The second-order valence-corrected chi connectivity index (χ2v) is 5.80. The average Bonchev–Trinajstić information content (AvgIpc) is 3.20. The van der Waals surface area contributed by atoms with E-state index in [1.165, 1.54) is 38.6 Å². The summed E-state index contributed by atoms with van der Waals surface area (Å²) in [6.45, 7) is 4.01. The zero-order chi connectivity index (χ0) is 11.0. The SMILES string of the molecule is NCC(C1CCOC1)N(CC1CC1)C1CC1. The minimum atomic E-state index is 0.593. The van der Waals surface area contributed by atoms with Gasteiger partial charge in [0, 0.05) is 37.7 Å². The first-order valence-corrected chi connectivity index (χ1v) is 6.92. The van der Waals surface area contributed by atoms with Crippen molar-refractivity contribution in [3.8, 4) is 0 Å². The van der Waals surface area contributed by atoms with Gasteiger partial charge in [-0.25, -0.2) is 0 Å². The van der Waals surface area contributed by atoms with E-state index in [2.05, 4.69) is 4.90 Å². The van der Waals surface area contributed by atoms with Gasteiger partial charge in [-0.2, -0.15) is 0 Å². The van der Waals surface area contributed by atoms with Crippen LogP contribution in [-0.4, -0.2) is 43.3 Å². The molecule has 2 N–H and O–H groups in total. The van der Waals surface area contributed by atoms with E-state index in [0.717, 1.165) is 31.7 Å². The molecule has 2 saturated carbocycles. The van der Waals surface area contributed by atoms with Crippen molar-refractivity contribution in [2.45, 2.75) is 44.2 Å². The summed E-state index contributed by atoms with van der Waals surface area (Å²) < 4.78 is 5.53. The van der Waals surface area contributed by atoms with E-state index in [4.69, 9.17) is 10.5 Å². The van der Waals surface area contributed by atoms with Gasteiger partial charge in [0.25, 0.3) is 0 Å². The molecule has 0 bridgehead atoms. The van der Waals surface area contributed by atoms with Crippen LogP contribution in [0.5, 0.6) is 0 Å². The van der Waals surface area contributed by atoms with E-state index in [0.29, 0.717) is 12.0 Å². The number of ether oxygens (including phenoxy) is 1. The van der Waals surface area contributed by atoms with Crippen LogP contribution in [0.15, 0.2) is 0 Å². The summed E-state index contributed by atoms with van der Waals surface area (Å²) in [7, 11) is 0. The molecule has 1 aliphatic heterocycles. The predicted octanol–water partition coefficient (Wildman–Crippen LogP) is 1.22. The first kappa shape index (κ1) is 11.0. The minimum absolute atomic E-state index is 0.593. The molecule has 3 nitrogen and oxygen atoms in total. The predicted molar refractivity (Wildman–Crippen MR) is 64.2 cm³/mol. The lowest BCUT2D eigenvalue weighted by Crippen LogP contribution is -2.48. The minimum Gasteiger partial charge on any atom is -0.381 e. The molecule has 16 heavy (non-hydrogen) atoms. The molecule has 92 valence electrons. The maximum atomic E-state index is 6.02. The summed E-state index contributed by atoms with van der Waals surface area (Å²) in [5.74, 6) is 1.68. The Balaban J connectivity index is 1.63. The molecule has 3 aliphatic rings. The van der Waals surface area contributed by atoms with Crippen LogP contribution in [0.4, 0.5) is 0 Å². The third kappa shape index (κ3) is 2.41. The third-order valence-corrected chi connectivity index (χ3v) is 4.36. The van der Waals surface area contributed by atoms with Gasteiger partial charge in [0.1, 0.15) is 0 Å². The Morgan fingerprint density at radius 1 is 1.19 bits per heavy atom. The van der Waals surface area contributed by atoms with Gasteiger partial charge in [-0.05, 0) is 38.0 Å². The van der Waals surface area contributed by atoms with Gasteiger partial charge in [0.05, 0.1) is 6.61 Å². The number of hydrogen-bond acceptors (Lipinski definition) is 3. The fraction of sp³-hybridized carbons (Fsp3) is 1.00. The topological polar surface area (TPSA) is 38.5 Å². The van der Waals surface area contributed by atoms with Crippen LogP contribution in [0.25, 0.3) is 0 Å². The number of nitrogens with zero attached hydrogens (tertiary/aromatic N) is 1. The van der Waals surface area contributed by atoms with Gasteiger partial charge in [0.15, 0.2) is 0 Å². The summed E-state index contributed by atoms with van der Waals surface area (Å²) in [6.07, 6.45) is 6.91. The Labute approximate surface area is 98.3 Å². The largest absolute Gasteiger partial charge is 0.381 e. The summed E-state index contributed by atoms with van der Waals surface area (Å²) in [5, 5.41) is 0. The molecular formula is C13H24N2O. The van der Waals surface area contributed by atoms with Crippen LogP contribution in [-0.2, 0) is 4.74 Å². The first-order chi connectivity index (χ1) is 7.88.